The number of hydrogen-bond acceptors (Lipinski definition) is 6. The Morgan fingerprint density at radius 1 is 1.39 bits per heavy atom. The van der Waals surface area contributed by atoms with Crippen LogP contribution in [-0.4, -0.2) is 65.3 Å². The Hall–Kier alpha value is -3.38. The number of phenols is 1. The standard InChI is InChI=1S/C20H22F5N5O3/c1-11-8-15(19(21,22)20(23,24)25)30-16(28-11)9-13(29-30)18(32)27-7-6-26-10-12-4-3-5-14(33-2)17(12)31/h3-5,9-11,15,28,31H,6-8H2,1-2H3,(H,27,32)/t11-,15+/m0/s1. The molecule has 0 fully saturated rings. The normalized spacial score (nSPS) is 18.6. The van der Waals surface area contributed by atoms with Crippen molar-refractivity contribution >= 4 is 17.9 Å². The molecule has 33 heavy (non-hydrogen) atoms. The second-order valence-corrected chi connectivity index (χ2v) is 7.47. The molecule has 2 heterocycles. The highest BCUT2D eigenvalue weighted by Gasteiger charge is 2.64. The molecule has 8 nitrogen and oxygen atoms in total. The van der Waals surface area contributed by atoms with Gasteiger partial charge in [0.2, 0.25) is 0 Å². The molecule has 2 aromatic rings. The number of nitrogens with one attached hydrogen (secondary N) is 2. The highest BCUT2D eigenvalue weighted by molar-refractivity contribution is 5.93. The summed E-state index contributed by atoms with van der Waals surface area (Å²) in [6.07, 6.45) is -4.89. The van der Waals surface area contributed by atoms with Gasteiger partial charge in [0.25, 0.3) is 5.91 Å². The maximum Gasteiger partial charge on any atom is 0.455 e. The molecule has 0 unspecified atom stereocenters. The van der Waals surface area contributed by atoms with Crippen LogP contribution >= 0.6 is 0 Å². The number of alkyl halides is 5. The summed E-state index contributed by atoms with van der Waals surface area (Å²) in [4.78, 5) is 16.4. The number of anilines is 1. The number of halogens is 5. The number of para-hydroxylation sites is 1. The Morgan fingerprint density at radius 2 is 2.12 bits per heavy atom. The van der Waals surface area contributed by atoms with Crippen molar-refractivity contribution in [2.75, 3.05) is 25.5 Å². The van der Waals surface area contributed by atoms with Crippen molar-refractivity contribution in [1.29, 1.82) is 0 Å². The molecule has 0 aliphatic carbocycles. The zero-order chi connectivity index (χ0) is 24.4. The van der Waals surface area contributed by atoms with Crippen LogP contribution in [0, 0.1) is 0 Å². The number of methoxy groups -OCH3 is 1. The molecule has 0 bridgehead atoms. The fraction of sp³-hybridized carbons (Fsp3) is 0.450. The predicted molar refractivity (Wildman–Crippen MR) is 109 cm³/mol. The molecule has 1 aromatic carbocycles. The minimum Gasteiger partial charge on any atom is -0.504 e. The van der Waals surface area contributed by atoms with Gasteiger partial charge in [-0.3, -0.25) is 9.79 Å². The van der Waals surface area contributed by atoms with E-state index in [1.807, 2.05) is 0 Å². The van der Waals surface area contributed by atoms with E-state index in [1.165, 1.54) is 20.2 Å². The smallest absolute Gasteiger partial charge is 0.455 e. The Morgan fingerprint density at radius 3 is 2.79 bits per heavy atom. The van der Waals surface area contributed by atoms with Crippen molar-refractivity contribution in [2.45, 2.75) is 37.5 Å². The lowest BCUT2D eigenvalue weighted by Crippen LogP contribution is -2.48. The lowest BCUT2D eigenvalue weighted by Gasteiger charge is -2.35. The van der Waals surface area contributed by atoms with Crippen LogP contribution < -0.4 is 15.4 Å². The van der Waals surface area contributed by atoms with E-state index in [-0.39, 0.29) is 36.1 Å². The molecule has 3 N–H and O–H groups in total. The van der Waals surface area contributed by atoms with Crippen LogP contribution in [0.2, 0.25) is 0 Å². The summed E-state index contributed by atoms with van der Waals surface area (Å²) in [7, 11) is 1.40. The van der Waals surface area contributed by atoms with Gasteiger partial charge in [0.05, 0.1) is 13.7 Å². The molecule has 1 aromatic heterocycles. The van der Waals surface area contributed by atoms with Crippen molar-refractivity contribution in [3.63, 3.8) is 0 Å². The van der Waals surface area contributed by atoms with Crippen LogP contribution in [0.1, 0.15) is 35.4 Å². The second kappa shape index (κ2) is 9.24. The van der Waals surface area contributed by atoms with E-state index < -0.39 is 36.5 Å². The van der Waals surface area contributed by atoms with Crippen LogP contribution in [0.15, 0.2) is 29.3 Å². The van der Waals surface area contributed by atoms with Crippen LogP contribution in [0.25, 0.3) is 0 Å². The molecule has 1 aliphatic heterocycles. The molecular weight excluding hydrogens is 453 g/mol. The maximum atomic E-state index is 14.0. The minimum atomic E-state index is -5.75. The summed E-state index contributed by atoms with van der Waals surface area (Å²) < 4.78 is 72.3. The molecule has 0 spiro atoms. The van der Waals surface area contributed by atoms with E-state index in [1.54, 1.807) is 18.2 Å². The number of nitrogens with zero attached hydrogens (tertiary/aromatic N) is 3. The summed E-state index contributed by atoms with van der Waals surface area (Å²) in [5, 5.41) is 18.9. The topological polar surface area (TPSA) is 101 Å². The van der Waals surface area contributed by atoms with Crippen molar-refractivity contribution in [3.05, 3.63) is 35.5 Å². The summed E-state index contributed by atoms with van der Waals surface area (Å²) in [6.45, 7) is 1.61. The maximum absolute atomic E-state index is 14.0. The molecular formula is C20H22F5N5O3. The van der Waals surface area contributed by atoms with Gasteiger partial charge in [-0.05, 0) is 25.5 Å². The van der Waals surface area contributed by atoms with Gasteiger partial charge in [-0.15, -0.1) is 0 Å². The Labute approximate surface area is 185 Å². The zero-order valence-electron chi connectivity index (χ0n) is 17.7. The number of hydrogen-bond donors (Lipinski definition) is 3. The van der Waals surface area contributed by atoms with E-state index in [0.717, 1.165) is 6.07 Å². The first kappa shape index (κ1) is 24.3. The van der Waals surface area contributed by atoms with Crippen molar-refractivity contribution < 1.29 is 36.6 Å². The van der Waals surface area contributed by atoms with Gasteiger partial charge in [0.15, 0.2) is 17.2 Å². The van der Waals surface area contributed by atoms with Crippen molar-refractivity contribution in [2.24, 2.45) is 4.99 Å². The van der Waals surface area contributed by atoms with Crippen LogP contribution in [-0.2, 0) is 0 Å². The summed E-state index contributed by atoms with van der Waals surface area (Å²) in [6, 6.07) is 3.02. The predicted octanol–water partition coefficient (Wildman–Crippen LogP) is 3.39. The fourth-order valence-corrected chi connectivity index (χ4v) is 3.38. The average Bonchev–Trinajstić information content (AvgIpc) is 3.17. The first-order valence-corrected chi connectivity index (χ1v) is 9.90. The summed E-state index contributed by atoms with van der Waals surface area (Å²) in [5.74, 6) is -5.69. The van der Waals surface area contributed by atoms with Gasteiger partial charge in [0, 0.05) is 30.4 Å². The number of carbonyl (C=O) groups excluding carboxylic acids is 1. The number of fused-ring (bicyclic) bond motifs is 1. The number of rotatable bonds is 7. The number of ether oxygens (including phenoxy) is 1. The van der Waals surface area contributed by atoms with Crippen LogP contribution in [0.3, 0.4) is 0 Å². The van der Waals surface area contributed by atoms with E-state index in [9.17, 15) is 31.9 Å². The first-order chi connectivity index (χ1) is 15.5. The Kier molecular flexibility index (Phi) is 6.79. The lowest BCUT2D eigenvalue weighted by molar-refractivity contribution is -0.301. The van der Waals surface area contributed by atoms with Gasteiger partial charge in [-0.25, -0.2) is 4.68 Å². The zero-order valence-corrected chi connectivity index (χ0v) is 17.7. The van der Waals surface area contributed by atoms with Crippen LogP contribution in [0.5, 0.6) is 11.5 Å². The second-order valence-electron chi connectivity index (χ2n) is 7.47. The number of aromatic hydroxyl groups is 1. The molecule has 0 saturated heterocycles. The fourth-order valence-electron chi connectivity index (χ4n) is 3.38. The number of amides is 1. The summed E-state index contributed by atoms with van der Waals surface area (Å²) in [5.41, 5.74) is 0.100. The number of aliphatic imine (C=N–C) groups is 1. The molecule has 2 atom stereocenters. The molecule has 0 radical (unpaired) electrons. The highest BCUT2D eigenvalue weighted by Crippen LogP contribution is 2.47. The molecule has 1 aliphatic rings. The van der Waals surface area contributed by atoms with Crippen molar-refractivity contribution in [1.82, 2.24) is 15.1 Å². The van der Waals surface area contributed by atoms with Crippen molar-refractivity contribution in [3.8, 4) is 11.5 Å². The Bertz CT molecular complexity index is 1040. The number of aromatic nitrogens is 2. The van der Waals surface area contributed by atoms with Gasteiger partial charge in [0.1, 0.15) is 11.9 Å². The Balaban J connectivity index is 1.65. The third kappa shape index (κ3) is 5.01. The SMILES string of the molecule is COc1cccc(C=NCCNC(=O)c2cc3n(n2)[C@@H](C(F)(F)C(F)(F)F)C[C@H](C)N3)c1O. The third-order valence-corrected chi connectivity index (χ3v) is 5.04. The number of benzene rings is 1. The van der Waals surface area contributed by atoms with Crippen LogP contribution in [0.4, 0.5) is 27.8 Å². The largest absolute Gasteiger partial charge is 0.504 e. The monoisotopic (exact) mass is 475 g/mol. The van der Waals surface area contributed by atoms with Gasteiger partial charge in [-0.1, -0.05) is 6.07 Å². The van der Waals surface area contributed by atoms with E-state index in [0.29, 0.717) is 10.2 Å². The molecule has 3 rings (SSSR count). The average molecular weight is 475 g/mol. The highest BCUT2D eigenvalue weighted by atomic mass is 19.4. The molecule has 13 heteroatoms. The van der Waals surface area contributed by atoms with Gasteiger partial charge < -0.3 is 20.5 Å². The van der Waals surface area contributed by atoms with E-state index >= 15 is 0 Å². The third-order valence-electron chi connectivity index (χ3n) is 5.04. The summed E-state index contributed by atoms with van der Waals surface area (Å²) >= 11 is 0. The minimum absolute atomic E-state index is 0.0359. The van der Waals surface area contributed by atoms with E-state index in [4.69, 9.17) is 4.74 Å². The van der Waals surface area contributed by atoms with E-state index in [2.05, 4.69) is 20.7 Å². The number of carbonyl (C=O) groups is 1. The first-order valence-electron chi connectivity index (χ1n) is 9.90. The quantitative estimate of drug-likeness (QED) is 0.324. The lowest BCUT2D eigenvalue weighted by atomic mass is 9.99. The van der Waals surface area contributed by atoms with Gasteiger partial charge in [-0.2, -0.15) is 27.1 Å². The molecule has 180 valence electrons. The molecule has 1 amide bonds. The van der Waals surface area contributed by atoms with Gasteiger partial charge >= 0.3 is 12.1 Å². The number of phenolic OH excluding ortho intramolecular Hbond substituents is 1. The molecule has 0 saturated carbocycles.